The Balaban J connectivity index is 1.59. The number of nitrogens with one attached hydrogen (secondary N) is 1. The Labute approximate surface area is 163 Å². The summed E-state index contributed by atoms with van der Waals surface area (Å²) >= 11 is 1.35. The predicted octanol–water partition coefficient (Wildman–Crippen LogP) is 3.12. The highest BCUT2D eigenvalue weighted by atomic mass is 32.2. The van der Waals surface area contributed by atoms with Crippen LogP contribution in [0, 0.1) is 13.8 Å². The molecule has 0 aliphatic rings. The first-order chi connectivity index (χ1) is 13.0. The zero-order valence-electron chi connectivity index (χ0n) is 15.7. The molecule has 0 saturated carbocycles. The van der Waals surface area contributed by atoms with E-state index >= 15 is 0 Å². The Kier molecular flexibility index (Phi) is 6.24. The molecular weight excluding hydrogens is 358 g/mol. The first kappa shape index (κ1) is 19.1. The van der Waals surface area contributed by atoms with Crippen molar-refractivity contribution in [1.29, 1.82) is 0 Å². The van der Waals surface area contributed by atoms with Crippen molar-refractivity contribution in [3.63, 3.8) is 0 Å². The van der Waals surface area contributed by atoms with Crippen LogP contribution in [0.25, 0.3) is 5.69 Å². The third kappa shape index (κ3) is 4.95. The summed E-state index contributed by atoms with van der Waals surface area (Å²) in [6.07, 6.45) is 0.810. The second kappa shape index (κ2) is 8.81. The van der Waals surface area contributed by atoms with E-state index in [-0.39, 0.29) is 11.2 Å². The van der Waals surface area contributed by atoms with E-state index in [0.717, 1.165) is 12.1 Å². The van der Waals surface area contributed by atoms with Gasteiger partial charge in [-0.3, -0.25) is 4.79 Å². The molecule has 27 heavy (non-hydrogen) atoms. The van der Waals surface area contributed by atoms with Crippen LogP contribution >= 0.6 is 11.8 Å². The van der Waals surface area contributed by atoms with E-state index in [1.807, 2.05) is 43.3 Å². The van der Waals surface area contributed by atoms with Crippen molar-refractivity contribution in [2.24, 2.45) is 0 Å². The minimum atomic E-state index is -0.294. The summed E-state index contributed by atoms with van der Waals surface area (Å²) in [5, 5.41) is 15.2. The molecular formula is C20H23N5OS. The van der Waals surface area contributed by atoms with Gasteiger partial charge in [0, 0.05) is 6.54 Å². The van der Waals surface area contributed by atoms with Gasteiger partial charge in [0.05, 0.1) is 10.9 Å². The van der Waals surface area contributed by atoms with Crippen LogP contribution < -0.4 is 5.32 Å². The highest BCUT2D eigenvalue weighted by Crippen LogP contribution is 2.23. The molecule has 3 rings (SSSR count). The summed E-state index contributed by atoms with van der Waals surface area (Å²) in [6, 6.07) is 16.2. The molecule has 0 unspecified atom stereocenters. The third-order valence-electron chi connectivity index (χ3n) is 4.38. The molecule has 140 valence electrons. The zero-order valence-corrected chi connectivity index (χ0v) is 16.5. The number of carbonyl (C=O) groups is 1. The zero-order chi connectivity index (χ0) is 19.2. The number of hydrogen-bond acceptors (Lipinski definition) is 5. The fourth-order valence-corrected chi connectivity index (χ4v) is 3.43. The number of rotatable bonds is 7. The third-order valence-corrected chi connectivity index (χ3v) is 5.42. The van der Waals surface area contributed by atoms with Crippen LogP contribution in [0.3, 0.4) is 0 Å². The lowest BCUT2D eigenvalue weighted by Crippen LogP contribution is -2.32. The van der Waals surface area contributed by atoms with Crippen molar-refractivity contribution in [2.75, 3.05) is 6.54 Å². The summed E-state index contributed by atoms with van der Waals surface area (Å²) in [5.74, 6) is -0.0226. The van der Waals surface area contributed by atoms with Crippen LogP contribution in [-0.4, -0.2) is 37.9 Å². The number of aryl methyl sites for hydroxylation is 2. The number of amides is 1. The molecule has 0 fully saturated rings. The number of carbonyl (C=O) groups excluding carboxylic acids is 1. The quantitative estimate of drug-likeness (QED) is 0.637. The fraction of sp³-hybridized carbons (Fsp3) is 0.300. The SMILES string of the molecule is Cc1ccc(-n2nnnc2S[C@@H](C)C(=O)NCCc2ccccc2)cc1C. The second-order valence-electron chi connectivity index (χ2n) is 6.43. The van der Waals surface area contributed by atoms with E-state index in [9.17, 15) is 4.79 Å². The Morgan fingerprint density at radius 1 is 1.15 bits per heavy atom. The molecule has 0 spiro atoms. The van der Waals surface area contributed by atoms with Gasteiger partial charge in [-0.1, -0.05) is 48.2 Å². The fourth-order valence-electron chi connectivity index (χ4n) is 2.60. The molecule has 0 aliphatic carbocycles. The molecule has 0 radical (unpaired) electrons. The van der Waals surface area contributed by atoms with Crippen molar-refractivity contribution >= 4 is 17.7 Å². The van der Waals surface area contributed by atoms with Crippen LogP contribution in [-0.2, 0) is 11.2 Å². The van der Waals surface area contributed by atoms with Gasteiger partial charge in [-0.2, -0.15) is 4.68 Å². The molecule has 2 aromatic carbocycles. The highest BCUT2D eigenvalue weighted by Gasteiger charge is 2.19. The average molecular weight is 382 g/mol. The minimum Gasteiger partial charge on any atom is -0.355 e. The average Bonchev–Trinajstić information content (AvgIpc) is 3.13. The minimum absolute atomic E-state index is 0.0226. The highest BCUT2D eigenvalue weighted by molar-refractivity contribution is 8.00. The van der Waals surface area contributed by atoms with E-state index in [2.05, 4.69) is 46.8 Å². The molecule has 7 heteroatoms. The molecule has 0 bridgehead atoms. The summed E-state index contributed by atoms with van der Waals surface area (Å²) < 4.78 is 1.67. The van der Waals surface area contributed by atoms with Crippen molar-refractivity contribution in [2.45, 2.75) is 37.6 Å². The molecule has 1 amide bonds. The number of aromatic nitrogens is 4. The standard InChI is InChI=1S/C20H23N5OS/c1-14-9-10-18(13-15(14)2)25-20(22-23-24-25)27-16(3)19(26)21-12-11-17-7-5-4-6-8-17/h4-10,13,16H,11-12H2,1-3H3,(H,21,26)/t16-/m0/s1. The molecule has 1 heterocycles. The van der Waals surface area contributed by atoms with Gasteiger partial charge in [0.1, 0.15) is 0 Å². The largest absolute Gasteiger partial charge is 0.355 e. The van der Waals surface area contributed by atoms with Gasteiger partial charge in [0.15, 0.2) is 0 Å². The Morgan fingerprint density at radius 3 is 2.67 bits per heavy atom. The van der Waals surface area contributed by atoms with Crippen molar-refractivity contribution < 1.29 is 4.79 Å². The molecule has 1 aromatic heterocycles. The molecule has 1 N–H and O–H groups in total. The van der Waals surface area contributed by atoms with Crippen molar-refractivity contribution in [3.8, 4) is 5.69 Å². The monoisotopic (exact) mass is 381 g/mol. The van der Waals surface area contributed by atoms with E-state index < -0.39 is 0 Å². The van der Waals surface area contributed by atoms with Crippen molar-refractivity contribution in [1.82, 2.24) is 25.5 Å². The lowest BCUT2D eigenvalue weighted by molar-refractivity contribution is -0.120. The molecule has 0 saturated heterocycles. The van der Waals surface area contributed by atoms with E-state index in [4.69, 9.17) is 0 Å². The number of nitrogens with zero attached hydrogens (tertiary/aromatic N) is 4. The maximum atomic E-state index is 12.4. The maximum Gasteiger partial charge on any atom is 0.233 e. The molecule has 1 atom stereocenters. The van der Waals surface area contributed by atoms with Gasteiger partial charge >= 0.3 is 0 Å². The van der Waals surface area contributed by atoms with Gasteiger partial charge in [-0.15, -0.1) is 5.10 Å². The second-order valence-corrected chi connectivity index (χ2v) is 7.74. The van der Waals surface area contributed by atoms with Gasteiger partial charge < -0.3 is 5.32 Å². The van der Waals surface area contributed by atoms with Crippen LogP contribution in [0.1, 0.15) is 23.6 Å². The van der Waals surface area contributed by atoms with Gasteiger partial charge in [-0.05, 0) is 66.4 Å². The number of hydrogen-bond donors (Lipinski definition) is 1. The van der Waals surface area contributed by atoms with Crippen molar-refractivity contribution in [3.05, 3.63) is 65.2 Å². The maximum absolute atomic E-state index is 12.4. The number of tetrazole rings is 1. The molecule has 3 aromatic rings. The number of thioether (sulfide) groups is 1. The Bertz CT molecular complexity index is 910. The first-order valence-electron chi connectivity index (χ1n) is 8.89. The van der Waals surface area contributed by atoms with Gasteiger partial charge in [0.25, 0.3) is 0 Å². The van der Waals surface area contributed by atoms with Crippen LogP contribution in [0.2, 0.25) is 0 Å². The van der Waals surface area contributed by atoms with Crippen LogP contribution in [0.5, 0.6) is 0 Å². The van der Waals surface area contributed by atoms with Gasteiger partial charge in [-0.25, -0.2) is 0 Å². The van der Waals surface area contributed by atoms with Gasteiger partial charge in [0.2, 0.25) is 11.1 Å². The summed E-state index contributed by atoms with van der Waals surface area (Å²) in [4.78, 5) is 12.4. The lowest BCUT2D eigenvalue weighted by atomic mass is 10.1. The predicted molar refractivity (Wildman–Crippen MR) is 107 cm³/mol. The van der Waals surface area contributed by atoms with E-state index in [0.29, 0.717) is 11.7 Å². The summed E-state index contributed by atoms with van der Waals surface area (Å²) in [6.45, 7) is 6.59. The van der Waals surface area contributed by atoms with E-state index in [1.165, 1.54) is 28.5 Å². The molecule has 0 aliphatic heterocycles. The summed E-state index contributed by atoms with van der Waals surface area (Å²) in [7, 11) is 0. The topological polar surface area (TPSA) is 72.7 Å². The Morgan fingerprint density at radius 2 is 1.93 bits per heavy atom. The Hall–Kier alpha value is -2.67. The first-order valence-corrected chi connectivity index (χ1v) is 9.77. The molecule has 6 nitrogen and oxygen atoms in total. The van der Waals surface area contributed by atoms with Crippen LogP contribution in [0.15, 0.2) is 53.7 Å². The smallest absolute Gasteiger partial charge is 0.233 e. The normalized spacial score (nSPS) is 12.0. The summed E-state index contributed by atoms with van der Waals surface area (Å²) in [5.41, 5.74) is 4.48. The van der Waals surface area contributed by atoms with E-state index in [1.54, 1.807) is 4.68 Å². The van der Waals surface area contributed by atoms with Crippen LogP contribution in [0.4, 0.5) is 0 Å². The lowest BCUT2D eigenvalue weighted by Gasteiger charge is -2.12. The number of benzene rings is 2.